The molecular weight excluding hydrogens is 328 g/mol. The quantitative estimate of drug-likeness (QED) is 0.535. The van der Waals surface area contributed by atoms with Gasteiger partial charge in [-0.2, -0.15) is 0 Å². The first kappa shape index (κ1) is 15.0. The average Bonchev–Trinajstić information content (AvgIpc) is 3.17. The minimum Gasteiger partial charge on any atom is -0.225 e. The monoisotopic (exact) mass is 348 g/mol. The smallest absolute Gasteiger partial charge is 0.167 e. The Morgan fingerprint density at radius 3 is 2.72 bits per heavy atom. The van der Waals surface area contributed by atoms with Gasteiger partial charge >= 0.3 is 0 Å². The van der Waals surface area contributed by atoms with E-state index in [1.165, 1.54) is 27.0 Å². The molecule has 4 nitrogen and oxygen atoms in total. The molecule has 2 atom stereocenters. The number of benzene rings is 1. The van der Waals surface area contributed by atoms with E-state index in [1.54, 1.807) is 11.3 Å². The van der Waals surface area contributed by atoms with E-state index in [1.807, 2.05) is 10.8 Å². The van der Waals surface area contributed by atoms with Gasteiger partial charge in [-0.05, 0) is 43.7 Å². The summed E-state index contributed by atoms with van der Waals surface area (Å²) in [5, 5.41) is 5.94. The molecule has 5 heteroatoms. The second-order valence-electron chi connectivity index (χ2n) is 7.01. The Kier molecular flexibility index (Phi) is 3.22. The summed E-state index contributed by atoms with van der Waals surface area (Å²) in [6.45, 7) is 6.50. The van der Waals surface area contributed by atoms with Gasteiger partial charge in [0.15, 0.2) is 11.5 Å². The molecule has 0 aliphatic heterocycles. The fraction of sp³-hybridized carbons (Fsp3) is 0.350. The molecule has 0 spiro atoms. The average molecular weight is 348 g/mol. The molecule has 25 heavy (non-hydrogen) atoms. The van der Waals surface area contributed by atoms with Gasteiger partial charge in [-0.15, -0.1) is 16.4 Å². The third-order valence-electron chi connectivity index (χ3n) is 5.33. The number of thiophene rings is 1. The molecule has 1 aliphatic carbocycles. The first-order valence-corrected chi connectivity index (χ1v) is 9.67. The number of hydrogen-bond donors (Lipinski definition) is 0. The van der Waals surface area contributed by atoms with Gasteiger partial charge in [-0.1, -0.05) is 36.8 Å². The number of aryl methyl sites for hydroxylation is 3. The van der Waals surface area contributed by atoms with E-state index in [0.29, 0.717) is 11.8 Å². The van der Waals surface area contributed by atoms with Gasteiger partial charge in [-0.3, -0.25) is 0 Å². The van der Waals surface area contributed by atoms with Crippen molar-refractivity contribution in [1.29, 1.82) is 0 Å². The Labute approximate surface area is 150 Å². The van der Waals surface area contributed by atoms with E-state index in [4.69, 9.17) is 10.1 Å². The van der Waals surface area contributed by atoms with Crippen LogP contribution in [0, 0.1) is 13.8 Å². The van der Waals surface area contributed by atoms with E-state index < -0.39 is 0 Å². The fourth-order valence-corrected chi connectivity index (χ4v) is 4.90. The molecule has 0 N–H and O–H groups in total. The van der Waals surface area contributed by atoms with Gasteiger partial charge in [0.1, 0.15) is 11.2 Å². The third-order valence-corrected chi connectivity index (χ3v) is 6.38. The normalized spacial score (nSPS) is 19.8. The number of fused-ring (bicyclic) bond motifs is 3. The lowest BCUT2D eigenvalue weighted by molar-refractivity contribution is 0.850. The van der Waals surface area contributed by atoms with Crippen LogP contribution in [0.15, 0.2) is 30.6 Å². The molecule has 126 valence electrons. The van der Waals surface area contributed by atoms with Crippen LogP contribution in [0.1, 0.15) is 52.6 Å². The van der Waals surface area contributed by atoms with Gasteiger partial charge in [-0.25, -0.2) is 14.5 Å². The topological polar surface area (TPSA) is 43.1 Å². The molecule has 1 aromatic carbocycles. The molecule has 5 rings (SSSR count). The molecule has 0 amide bonds. The van der Waals surface area contributed by atoms with Crippen LogP contribution in [0.25, 0.3) is 15.9 Å². The zero-order valence-corrected chi connectivity index (χ0v) is 15.5. The maximum Gasteiger partial charge on any atom is 0.167 e. The maximum atomic E-state index is 4.94. The molecular formula is C20H20N4S. The van der Waals surface area contributed by atoms with E-state index in [-0.39, 0.29) is 0 Å². The molecule has 1 saturated carbocycles. The van der Waals surface area contributed by atoms with Crippen LogP contribution in [0.4, 0.5) is 0 Å². The van der Waals surface area contributed by atoms with E-state index in [9.17, 15) is 0 Å². The lowest BCUT2D eigenvalue weighted by Crippen LogP contribution is -1.91. The molecule has 3 heterocycles. The highest BCUT2D eigenvalue weighted by Gasteiger charge is 2.42. The number of aromatic nitrogens is 4. The summed E-state index contributed by atoms with van der Waals surface area (Å²) in [7, 11) is 0. The van der Waals surface area contributed by atoms with Crippen molar-refractivity contribution in [3.63, 3.8) is 0 Å². The van der Waals surface area contributed by atoms with Crippen molar-refractivity contribution in [2.24, 2.45) is 0 Å². The Morgan fingerprint density at radius 1 is 1.16 bits per heavy atom. The van der Waals surface area contributed by atoms with Gasteiger partial charge in [0.2, 0.25) is 0 Å². The Hall–Kier alpha value is -2.27. The van der Waals surface area contributed by atoms with Gasteiger partial charge < -0.3 is 0 Å². The highest BCUT2D eigenvalue weighted by Crippen LogP contribution is 2.53. The molecule has 0 bridgehead atoms. The summed E-state index contributed by atoms with van der Waals surface area (Å²) in [6.07, 6.45) is 3.96. The molecule has 0 saturated heterocycles. The molecule has 4 aromatic rings. The van der Waals surface area contributed by atoms with Crippen molar-refractivity contribution in [3.05, 3.63) is 58.0 Å². The van der Waals surface area contributed by atoms with Crippen LogP contribution in [0.2, 0.25) is 0 Å². The summed E-state index contributed by atoms with van der Waals surface area (Å²) >= 11 is 1.76. The summed E-state index contributed by atoms with van der Waals surface area (Å²) in [4.78, 5) is 11.9. The summed E-state index contributed by atoms with van der Waals surface area (Å²) in [6, 6.07) is 8.87. The SMILES string of the molecule is CCc1c(C)sc2ncn3nc([C@H]4C[C@@H]4c4ccc(C)cc4)nc3c12. The zero-order chi connectivity index (χ0) is 17.1. The number of hydrogen-bond acceptors (Lipinski definition) is 4. The minimum absolute atomic E-state index is 0.433. The predicted octanol–water partition coefficient (Wildman–Crippen LogP) is 4.79. The Morgan fingerprint density at radius 2 is 1.96 bits per heavy atom. The molecule has 3 aromatic heterocycles. The Bertz CT molecular complexity index is 1090. The van der Waals surface area contributed by atoms with Gasteiger partial charge in [0.25, 0.3) is 0 Å². The molecule has 1 fully saturated rings. The lowest BCUT2D eigenvalue weighted by atomic mass is 10.1. The van der Waals surface area contributed by atoms with Crippen molar-refractivity contribution in [2.75, 3.05) is 0 Å². The fourth-order valence-electron chi connectivity index (χ4n) is 3.83. The highest BCUT2D eigenvalue weighted by molar-refractivity contribution is 7.18. The van der Waals surface area contributed by atoms with E-state index in [0.717, 1.165) is 29.1 Å². The molecule has 0 radical (unpaired) electrons. The van der Waals surface area contributed by atoms with Crippen LogP contribution in [-0.2, 0) is 6.42 Å². The van der Waals surface area contributed by atoms with Crippen molar-refractivity contribution in [3.8, 4) is 0 Å². The van der Waals surface area contributed by atoms with Crippen LogP contribution in [0.5, 0.6) is 0 Å². The number of rotatable bonds is 3. The standard InChI is InChI=1S/C20H20N4S/c1-4-14-12(3)25-20-17(14)19-22-18(23-24(19)10-21-20)16-9-15(16)13-7-5-11(2)6-8-13/h5-8,10,15-16H,4,9H2,1-3H3/t15-,16+/m1/s1. The largest absolute Gasteiger partial charge is 0.225 e. The van der Waals surface area contributed by atoms with Crippen molar-refractivity contribution in [1.82, 2.24) is 19.6 Å². The van der Waals surface area contributed by atoms with Gasteiger partial charge in [0, 0.05) is 10.8 Å². The number of nitrogens with zero attached hydrogens (tertiary/aromatic N) is 4. The highest BCUT2D eigenvalue weighted by atomic mass is 32.1. The summed E-state index contributed by atoms with van der Waals surface area (Å²) in [5.41, 5.74) is 5.04. The van der Waals surface area contributed by atoms with Crippen LogP contribution >= 0.6 is 11.3 Å². The third kappa shape index (κ3) is 2.29. The first-order valence-electron chi connectivity index (χ1n) is 8.85. The van der Waals surface area contributed by atoms with Crippen molar-refractivity contribution in [2.45, 2.75) is 45.4 Å². The molecule has 1 aliphatic rings. The van der Waals surface area contributed by atoms with Crippen LogP contribution in [0.3, 0.4) is 0 Å². The lowest BCUT2D eigenvalue weighted by Gasteiger charge is -1.99. The van der Waals surface area contributed by atoms with Crippen molar-refractivity contribution < 1.29 is 0 Å². The van der Waals surface area contributed by atoms with Gasteiger partial charge in [0.05, 0.1) is 5.39 Å². The second kappa shape index (κ2) is 5.36. The minimum atomic E-state index is 0.433. The summed E-state index contributed by atoms with van der Waals surface area (Å²) < 4.78 is 1.87. The first-order chi connectivity index (χ1) is 12.2. The summed E-state index contributed by atoms with van der Waals surface area (Å²) in [5.74, 6) is 1.95. The maximum absolute atomic E-state index is 4.94. The van der Waals surface area contributed by atoms with Crippen LogP contribution in [-0.4, -0.2) is 19.6 Å². The Balaban J connectivity index is 1.57. The van der Waals surface area contributed by atoms with E-state index >= 15 is 0 Å². The van der Waals surface area contributed by atoms with Crippen LogP contribution < -0.4 is 0 Å². The second-order valence-corrected chi connectivity index (χ2v) is 8.22. The van der Waals surface area contributed by atoms with Crippen molar-refractivity contribution >= 4 is 27.2 Å². The zero-order valence-electron chi connectivity index (χ0n) is 14.7. The predicted molar refractivity (Wildman–Crippen MR) is 102 cm³/mol. The van der Waals surface area contributed by atoms with E-state index in [2.05, 4.69) is 50.0 Å². The molecule has 0 unspecified atom stereocenters.